The van der Waals surface area contributed by atoms with Crippen molar-refractivity contribution in [3.8, 4) is 0 Å². The maximum Gasteiger partial charge on any atom is 0.188 e. The molecule has 0 aromatic heterocycles. The predicted octanol–water partition coefficient (Wildman–Crippen LogP) is 2.65. The lowest BCUT2D eigenvalue weighted by atomic mass is 10.2. The van der Waals surface area contributed by atoms with Crippen molar-refractivity contribution >= 4 is 21.9 Å². The van der Waals surface area contributed by atoms with Crippen LogP contribution >= 0.6 is 15.9 Å². The maximum atomic E-state index is 5.72. The molecule has 1 aromatic rings. The van der Waals surface area contributed by atoms with E-state index in [9.17, 15) is 0 Å². The van der Waals surface area contributed by atoms with Crippen LogP contribution in [0, 0.1) is 0 Å². The number of hydrogen-bond acceptors (Lipinski definition) is 1. The van der Waals surface area contributed by atoms with Crippen LogP contribution < -0.4 is 11.1 Å². The molecule has 0 aliphatic rings. The average molecular weight is 284 g/mol. The second-order valence-corrected chi connectivity index (χ2v) is 4.52. The Bertz CT molecular complexity index is 333. The second kappa shape index (κ2) is 7.28. The first-order chi connectivity index (χ1) is 7.72. The first-order valence-electron chi connectivity index (χ1n) is 5.50. The van der Waals surface area contributed by atoms with Gasteiger partial charge in [-0.3, -0.25) is 0 Å². The lowest BCUT2D eigenvalue weighted by molar-refractivity contribution is 0.748. The molecule has 4 heteroatoms. The fourth-order valence-corrected chi connectivity index (χ4v) is 1.48. The highest BCUT2D eigenvalue weighted by atomic mass is 79.9. The molecule has 0 aliphatic carbocycles. The maximum absolute atomic E-state index is 5.72. The van der Waals surface area contributed by atoms with Gasteiger partial charge in [-0.1, -0.05) is 41.4 Å². The fourth-order valence-electron chi connectivity index (χ4n) is 1.22. The van der Waals surface area contributed by atoms with Crippen molar-refractivity contribution in [2.24, 2.45) is 10.7 Å². The Labute approximate surface area is 105 Å². The fraction of sp³-hybridized carbons (Fsp3) is 0.417. The van der Waals surface area contributed by atoms with E-state index < -0.39 is 0 Å². The summed E-state index contributed by atoms with van der Waals surface area (Å²) >= 11 is 3.39. The van der Waals surface area contributed by atoms with Crippen LogP contribution in [0.1, 0.15) is 25.3 Å². The summed E-state index contributed by atoms with van der Waals surface area (Å²) in [4.78, 5) is 4.26. The van der Waals surface area contributed by atoms with Gasteiger partial charge in [0.1, 0.15) is 0 Å². The summed E-state index contributed by atoms with van der Waals surface area (Å²) in [6.07, 6.45) is 2.28. The predicted molar refractivity (Wildman–Crippen MR) is 72.4 cm³/mol. The van der Waals surface area contributed by atoms with Gasteiger partial charge in [-0.25, -0.2) is 4.99 Å². The number of benzene rings is 1. The molecule has 0 saturated heterocycles. The summed E-state index contributed by atoms with van der Waals surface area (Å²) in [5.41, 5.74) is 6.88. The minimum atomic E-state index is 0.524. The van der Waals surface area contributed by atoms with Gasteiger partial charge in [-0.05, 0) is 24.1 Å². The molecule has 0 amide bonds. The Morgan fingerprint density at radius 2 is 2.06 bits per heavy atom. The van der Waals surface area contributed by atoms with Crippen LogP contribution in [-0.4, -0.2) is 12.5 Å². The second-order valence-electron chi connectivity index (χ2n) is 3.61. The quantitative estimate of drug-likeness (QED) is 0.496. The third-order valence-electron chi connectivity index (χ3n) is 2.18. The van der Waals surface area contributed by atoms with Crippen LogP contribution in [-0.2, 0) is 6.54 Å². The molecule has 0 bridgehead atoms. The van der Waals surface area contributed by atoms with Crippen LogP contribution in [0.5, 0.6) is 0 Å². The average Bonchev–Trinajstić information content (AvgIpc) is 2.29. The van der Waals surface area contributed by atoms with Crippen LogP contribution in [0.15, 0.2) is 33.7 Å². The lowest BCUT2D eigenvalue weighted by Gasteiger charge is -2.04. The van der Waals surface area contributed by atoms with E-state index in [4.69, 9.17) is 5.73 Å². The molecule has 0 saturated carbocycles. The van der Waals surface area contributed by atoms with Crippen molar-refractivity contribution < 1.29 is 0 Å². The lowest BCUT2D eigenvalue weighted by Crippen LogP contribution is -2.32. The number of aliphatic imine (C=N–C) groups is 1. The summed E-state index contributed by atoms with van der Waals surface area (Å²) < 4.78 is 1.08. The van der Waals surface area contributed by atoms with Gasteiger partial charge >= 0.3 is 0 Å². The normalized spacial score (nSPS) is 11.5. The summed E-state index contributed by atoms with van der Waals surface area (Å²) in [7, 11) is 0. The Morgan fingerprint density at radius 1 is 1.38 bits per heavy atom. The largest absolute Gasteiger partial charge is 0.370 e. The van der Waals surface area contributed by atoms with Gasteiger partial charge in [0, 0.05) is 11.0 Å². The van der Waals surface area contributed by atoms with E-state index in [1.807, 2.05) is 24.3 Å². The molecule has 0 unspecified atom stereocenters. The van der Waals surface area contributed by atoms with E-state index in [0.717, 1.165) is 29.4 Å². The number of nitrogens with one attached hydrogen (secondary N) is 1. The molecule has 0 atom stereocenters. The number of nitrogens with zero attached hydrogens (tertiary/aromatic N) is 1. The zero-order valence-electron chi connectivity index (χ0n) is 9.54. The molecule has 88 valence electrons. The van der Waals surface area contributed by atoms with Gasteiger partial charge in [-0.15, -0.1) is 0 Å². The van der Waals surface area contributed by atoms with Crippen LogP contribution in [0.3, 0.4) is 0 Å². The highest BCUT2D eigenvalue weighted by Gasteiger charge is 1.93. The van der Waals surface area contributed by atoms with Gasteiger partial charge < -0.3 is 11.1 Å². The molecule has 0 spiro atoms. The number of rotatable bonds is 5. The molecule has 1 rings (SSSR count). The van der Waals surface area contributed by atoms with Crippen molar-refractivity contribution in [1.29, 1.82) is 0 Å². The third kappa shape index (κ3) is 5.16. The Balaban J connectivity index is 2.37. The van der Waals surface area contributed by atoms with Crippen LogP contribution in [0.2, 0.25) is 0 Å². The topological polar surface area (TPSA) is 50.4 Å². The number of nitrogens with two attached hydrogens (primary N) is 1. The molecular weight excluding hydrogens is 266 g/mol. The van der Waals surface area contributed by atoms with E-state index in [1.165, 1.54) is 0 Å². The minimum Gasteiger partial charge on any atom is -0.370 e. The SMILES string of the molecule is CCCCNC(N)=NCc1ccc(Br)cc1. The molecular formula is C12H18BrN3. The van der Waals surface area contributed by atoms with E-state index in [-0.39, 0.29) is 0 Å². The van der Waals surface area contributed by atoms with Crippen LogP contribution in [0.4, 0.5) is 0 Å². The zero-order valence-corrected chi connectivity index (χ0v) is 11.1. The molecule has 1 aromatic carbocycles. The monoisotopic (exact) mass is 283 g/mol. The first kappa shape index (κ1) is 13.0. The van der Waals surface area contributed by atoms with Crippen molar-refractivity contribution in [3.05, 3.63) is 34.3 Å². The molecule has 0 fully saturated rings. The molecule has 0 aliphatic heterocycles. The summed E-state index contributed by atoms with van der Waals surface area (Å²) in [5.74, 6) is 0.524. The molecule has 0 radical (unpaired) electrons. The van der Waals surface area contributed by atoms with Gasteiger partial charge in [0.05, 0.1) is 6.54 Å². The first-order valence-corrected chi connectivity index (χ1v) is 6.30. The number of halogens is 1. The highest BCUT2D eigenvalue weighted by Crippen LogP contribution is 2.10. The Kier molecular flexibility index (Phi) is 5.93. The summed E-state index contributed by atoms with van der Waals surface area (Å²) in [5, 5.41) is 3.08. The Hall–Kier alpha value is -1.03. The third-order valence-corrected chi connectivity index (χ3v) is 2.71. The summed E-state index contributed by atoms with van der Waals surface area (Å²) in [6, 6.07) is 8.08. The number of unbranched alkanes of at least 4 members (excludes halogenated alkanes) is 1. The van der Waals surface area contributed by atoms with E-state index >= 15 is 0 Å². The molecule has 3 nitrogen and oxygen atoms in total. The van der Waals surface area contributed by atoms with Crippen LogP contribution in [0.25, 0.3) is 0 Å². The Morgan fingerprint density at radius 3 is 2.69 bits per heavy atom. The van der Waals surface area contributed by atoms with Gasteiger partial charge in [0.15, 0.2) is 5.96 Å². The molecule has 3 N–H and O–H groups in total. The van der Waals surface area contributed by atoms with E-state index in [2.05, 4.69) is 33.2 Å². The smallest absolute Gasteiger partial charge is 0.188 e. The van der Waals surface area contributed by atoms with E-state index in [1.54, 1.807) is 0 Å². The molecule has 16 heavy (non-hydrogen) atoms. The summed E-state index contributed by atoms with van der Waals surface area (Å²) in [6.45, 7) is 3.67. The van der Waals surface area contributed by atoms with E-state index in [0.29, 0.717) is 12.5 Å². The standard InChI is InChI=1S/C12H18BrN3/c1-2-3-8-15-12(14)16-9-10-4-6-11(13)7-5-10/h4-7H,2-3,8-9H2,1H3,(H3,14,15,16). The highest BCUT2D eigenvalue weighted by molar-refractivity contribution is 9.10. The minimum absolute atomic E-state index is 0.524. The van der Waals surface area contributed by atoms with Gasteiger partial charge in [0.2, 0.25) is 0 Å². The van der Waals surface area contributed by atoms with Crippen molar-refractivity contribution in [2.75, 3.05) is 6.54 Å². The number of guanidine groups is 1. The van der Waals surface area contributed by atoms with Crippen molar-refractivity contribution in [2.45, 2.75) is 26.3 Å². The zero-order chi connectivity index (χ0) is 11.8. The van der Waals surface area contributed by atoms with Crippen molar-refractivity contribution in [1.82, 2.24) is 5.32 Å². The van der Waals surface area contributed by atoms with Crippen molar-refractivity contribution in [3.63, 3.8) is 0 Å². The number of hydrogen-bond donors (Lipinski definition) is 2. The molecule has 0 heterocycles. The van der Waals surface area contributed by atoms with Gasteiger partial charge in [-0.2, -0.15) is 0 Å². The van der Waals surface area contributed by atoms with Gasteiger partial charge in [0.25, 0.3) is 0 Å².